The summed E-state index contributed by atoms with van der Waals surface area (Å²) in [6.07, 6.45) is 1.61. The molecule has 1 aliphatic heterocycles. The molecule has 1 heterocycles. The van der Waals surface area contributed by atoms with E-state index in [4.69, 9.17) is 10.5 Å². The Hall–Kier alpha value is -1.75. The number of hydrogen-bond acceptors (Lipinski definition) is 5. The molecule has 0 saturated carbocycles. The Balaban J connectivity index is 2.38. The fourth-order valence-electron chi connectivity index (χ4n) is 2.38. The molecule has 2 rings (SSSR count). The van der Waals surface area contributed by atoms with Crippen molar-refractivity contribution in [2.24, 2.45) is 0 Å². The molecule has 98 valence electrons. The normalized spacial score (nSPS) is 15.7. The molecule has 2 N–H and O–H groups in total. The van der Waals surface area contributed by atoms with Crippen LogP contribution >= 0.6 is 0 Å². The third kappa shape index (κ3) is 2.01. The van der Waals surface area contributed by atoms with Crippen molar-refractivity contribution in [2.45, 2.75) is 12.6 Å². The average molecular weight is 249 g/mol. The van der Waals surface area contributed by atoms with Crippen LogP contribution in [0.4, 0.5) is 11.4 Å². The first-order valence-corrected chi connectivity index (χ1v) is 5.93. The van der Waals surface area contributed by atoms with E-state index in [1.165, 1.54) is 5.56 Å². The molecular weight excluding hydrogens is 230 g/mol. The summed E-state index contributed by atoms with van der Waals surface area (Å²) in [5.74, 6) is 0.697. The molecule has 0 fully saturated rings. The molecule has 18 heavy (non-hydrogen) atoms. The van der Waals surface area contributed by atoms with Gasteiger partial charge in [0.25, 0.3) is 0 Å². The Morgan fingerprint density at radius 3 is 2.78 bits per heavy atom. The minimum Gasteiger partial charge on any atom is -0.495 e. The maximum atomic E-state index is 11.2. The van der Waals surface area contributed by atoms with E-state index < -0.39 is 0 Å². The minimum absolute atomic E-state index is 0.251. The summed E-state index contributed by atoms with van der Waals surface area (Å²) < 4.78 is 5.22. The SMILES string of the molecule is COc1cc2c(cc1N)N(C(C=O)N(C)C)CC2. The maximum absolute atomic E-state index is 11.2. The lowest BCUT2D eigenvalue weighted by Crippen LogP contribution is -2.45. The Kier molecular flexibility index (Phi) is 3.43. The Morgan fingerprint density at radius 2 is 2.22 bits per heavy atom. The van der Waals surface area contributed by atoms with Crippen LogP contribution < -0.4 is 15.4 Å². The number of nitrogens with two attached hydrogens (primary N) is 1. The van der Waals surface area contributed by atoms with Crippen molar-refractivity contribution < 1.29 is 9.53 Å². The highest BCUT2D eigenvalue weighted by Crippen LogP contribution is 2.36. The molecule has 5 nitrogen and oxygen atoms in total. The number of anilines is 2. The van der Waals surface area contributed by atoms with Gasteiger partial charge in [0, 0.05) is 12.2 Å². The van der Waals surface area contributed by atoms with Crippen molar-refractivity contribution in [2.75, 3.05) is 38.4 Å². The second-order valence-electron chi connectivity index (χ2n) is 4.68. The molecule has 5 heteroatoms. The Bertz CT molecular complexity index is 460. The van der Waals surface area contributed by atoms with Crippen molar-refractivity contribution in [1.29, 1.82) is 0 Å². The van der Waals surface area contributed by atoms with E-state index in [1.807, 2.05) is 31.1 Å². The zero-order valence-corrected chi connectivity index (χ0v) is 11.0. The average Bonchev–Trinajstić information content (AvgIpc) is 2.72. The molecule has 1 aromatic rings. The number of likely N-dealkylation sites (N-methyl/N-ethyl adjacent to an activating group) is 1. The lowest BCUT2D eigenvalue weighted by molar-refractivity contribution is -0.111. The minimum atomic E-state index is -0.251. The third-order valence-electron chi connectivity index (χ3n) is 3.33. The van der Waals surface area contributed by atoms with E-state index in [0.29, 0.717) is 11.4 Å². The monoisotopic (exact) mass is 249 g/mol. The fraction of sp³-hybridized carbons (Fsp3) is 0.462. The fourth-order valence-corrected chi connectivity index (χ4v) is 2.38. The van der Waals surface area contributed by atoms with E-state index in [2.05, 4.69) is 4.90 Å². The molecule has 0 saturated heterocycles. The Labute approximate surface area is 107 Å². The van der Waals surface area contributed by atoms with Gasteiger partial charge < -0.3 is 15.4 Å². The van der Waals surface area contributed by atoms with Crippen LogP contribution in [0.5, 0.6) is 5.75 Å². The first-order chi connectivity index (χ1) is 8.58. The number of ether oxygens (including phenoxy) is 1. The summed E-state index contributed by atoms with van der Waals surface area (Å²) >= 11 is 0. The first kappa shape index (κ1) is 12.7. The van der Waals surface area contributed by atoms with E-state index in [0.717, 1.165) is 24.9 Å². The van der Waals surface area contributed by atoms with Gasteiger partial charge in [0.2, 0.25) is 0 Å². The van der Waals surface area contributed by atoms with Gasteiger partial charge in [-0.2, -0.15) is 0 Å². The summed E-state index contributed by atoms with van der Waals surface area (Å²) in [5.41, 5.74) is 8.74. The van der Waals surface area contributed by atoms with Gasteiger partial charge in [0.05, 0.1) is 12.8 Å². The predicted octanol–water partition coefficient (Wildman–Crippen LogP) is 0.726. The smallest absolute Gasteiger partial charge is 0.157 e. The van der Waals surface area contributed by atoms with Gasteiger partial charge in [-0.1, -0.05) is 0 Å². The van der Waals surface area contributed by atoms with Gasteiger partial charge in [0.15, 0.2) is 6.29 Å². The number of hydrogen-bond donors (Lipinski definition) is 1. The van der Waals surface area contributed by atoms with Crippen molar-refractivity contribution in [3.63, 3.8) is 0 Å². The number of rotatable bonds is 4. The number of nitrogen functional groups attached to an aromatic ring is 1. The third-order valence-corrected chi connectivity index (χ3v) is 3.33. The molecule has 0 radical (unpaired) electrons. The second kappa shape index (κ2) is 4.86. The van der Waals surface area contributed by atoms with Gasteiger partial charge in [-0.05, 0) is 38.2 Å². The van der Waals surface area contributed by atoms with Crippen molar-refractivity contribution in [3.8, 4) is 5.75 Å². The van der Waals surface area contributed by atoms with Crippen LogP contribution in [-0.4, -0.2) is 45.1 Å². The van der Waals surface area contributed by atoms with Crippen molar-refractivity contribution >= 4 is 17.7 Å². The lowest BCUT2D eigenvalue weighted by Gasteiger charge is -2.31. The van der Waals surface area contributed by atoms with Gasteiger partial charge in [-0.3, -0.25) is 9.69 Å². The zero-order chi connectivity index (χ0) is 13.3. The summed E-state index contributed by atoms with van der Waals surface area (Å²) in [6, 6.07) is 3.85. The van der Waals surface area contributed by atoms with E-state index in [-0.39, 0.29) is 6.17 Å². The standard InChI is InChI=1S/C13H19N3O2/c1-15(2)13(8-17)16-5-4-9-6-12(18-3)10(14)7-11(9)16/h6-8,13H,4-5,14H2,1-3H3. The summed E-state index contributed by atoms with van der Waals surface area (Å²) in [4.78, 5) is 15.2. The second-order valence-corrected chi connectivity index (χ2v) is 4.68. The molecular formula is C13H19N3O2. The molecule has 0 aliphatic carbocycles. The van der Waals surface area contributed by atoms with Gasteiger partial charge in [-0.15, -0.1) is 0 Å². The van der Waals surface area contributed by atoms with E-state index in [9.17, 15) is 4.79 Å². The number of aldehydes is 1. The number of fused-ring (bicyclic) bond motifs is 1. The number of methoxy groups -OCH3 is 1. The van der Waals surface area contributed by atoms with Crippen molar-refractivity contribution in [3.05, 3.63) is 17.7 Å². The van der Waals surface area contributed by atoms with Crippen LogP contribution in [0.2, 0.25) is 0 Å². The highest BCUT2D eigenvalue weighted by atomic mass is 16.5. The van der Waals surface area contributed by atoms with Crippen molar-refractivity contribution in [1.82, 2.24) is 4.90 Å². The highest BCUT2D eigenvalue weighted by molar-refractivity contribution is 5.74. The molecule has 1 unspecified atom stereocenters. The van der Waals surface area contributed by atoms with Crippen LogP contribution in [0.25, 0.3) is 0 Å². The zero-order valence-electron chi connectivity index (χ0n) is 11.0. The van der Waals surface area contributed by atoms with E-state index in [1.54, 1.807) is 7.11 Å². The van der Waals surface area contributed by atoms with Crippen LogP contribution in [0.1, 0.15) is 5.56 Å². The van der Waals surface area contributed by atoms with Crippen LogP contribution in [0.15, 0.2) is 12.1 Å². The quantitative estimate of drug-likeness (QED) is 0.629. The number of carbonyl (C=O) groups excluding carboxylic acids is 1. The van der Waals surface area contributed by atoms with Gasteiger partial charge >= 0.3 is 0 Å². The molecule has 0 amide bonds. The topological polar surface area (TPSA) is 58.8 Å². The summed E-state index contributed by atoms with van der Waals surface area (Å²) in [5, 5.41) is 0. The summed E-state index contributed by atoms with van der Waals surface area (Å²) in [6.45, 7) is 0.823. The molecule has 0 spiro atoms. The Morgan fingerprint density at radius 1 is 1.50 bits per heavy atom. The largest absolute Gasteiger partial charge is 0.495 e. The first-order valence-electron chi connectivity index (χ1n) is 5.93. The van der Waals surface area contributed by atoms with Gasteiger partial charge in [0.1, 0.15) is 11.9 Å². The van der Waals surface area contributed by atoms with Crippen LogP contribution in [0.3, 0.4) is 0 Å². The maximum Gasteiger partial charge on any atom is 0.157 e. The van der Waals surface area contributed by atoms with Gasteiger partial charge in [-0.25, -0.2) is 0 Å². The van der Waals surface area contributed by atoms with Crippen LogP contribution in [-0.2, 0) is 11.2 Å². The number of carbonyl (C=O) groups is 1. The summed E-state index contributed by atoms with van der Waals surface area (Å²) in [7, 11) is 5.40. The molecule has 1 aromatic carbocycles. The van der Waals surface area contributed by atoms with E-state index >= 15 is 0 Å². The lowest BCUT2D eigenvalue weighted by atomic mass is 10.1. The number of nitrogens with zero attached hydrogens (tertiary/aromatic N) is 2. The highest BCUT2D eigenvalue weighted by Gasteiger charge is 2.28. The molecule has 0 aromatic heterocycles. The van der Waals surface area contributed by atoms with Crippen LogP contribution in [0, 0.1) is 0 Å². The number of benzene rings is 1. The molecule has 0 bridgehead atoms. The molecule has 1 atom stereocenters. The molecule has 1 aliphatic rings. The predicted molar refractivity (Wildman–Crippen MR) is 72.0 cm³/mol.